The second-order valence-corrected chi connectivity index (χ2v) is 4.21. The molecule has 0 saturated carbocycles. The average Bonchev–Trinajstić information content (AvgIpc) is 2.70. The van der Waals surface area contributed by atoms with Crippen molar-refractivity contribution in [3.63, 3.8) is 0 Å². The van der Waals surface area contributed by atoms with E-state index in [1.807, 2.05) is 4.90 Å². The van der Waals surface area contributed by atoms with Crippen molar-refractivity contribution < 1.29 is 19.1 Å². The van der Waals surface area contributed by atoms with Gasteiger partial charge in [0, 0.05) is 13.1 Å². The largest absolute Gasteiger partial charge is 0.478 e. The summed E-state index contributed by atoms with van der Waals surface area (Å²) >= 11 is 0. The minimum atomic E-state index is -0.987. The first-order chi connectivity index (χ1) is 8.60. The van der Waals surface area contributed by atoms with Crippen molar-refractivity contribution >= 4 is 5.97 Å². The topological polar surface area (TPSA) is 86.7 Å². The number of nitriles is 1. The van der Waals surface area contributed by atoms with Gasteiger partial charge in [-0.3, -0.25) is 4.90 Å². The second kappa shape index (κ2) is 5.21. The van der Waals surface area contributed by atoms with Gasteiger partial charge >= 0.3 is 5.97 Å². The lowest BCUT2D eigenvalue weighted by molar-refractivity contribution is -0.00493. The number of carboxylic acid groups (broad SMARTS) is 1. The Balaban J connectivity index is 2.03. The first-order valence-corrected chi connectivity index (χ1v) is 5.66. The van der Waals surface area contributed by atoms with Crippen LogP contribution in [0.4, 0.5) is 0 Å². The number of furan rings is 1. The summed E-state index contributed by atoms with van der Waals surface area (Å²) in [6.45, 7) is 3.85. The van der Waals surface area contributed by atoms with Crippen LogP contribution in [0.1, 0.15) is 21.9 Å². The van der Waals surface area contributed by atoms with Crippen LogP contribution in [0.2, 0.25) is 0 Å². The van der Waals surface area contributed by atoms with Gasteiger partial charge in [-0.25, -0.2) is 4.79 Å². The molecule has 2 rings (SSSR count). The van der Waals surface area contributed by atoms with Crippen molar-refractivity contribution in [3.8, 4) is 6.07 Å². The summed E-state index contributed by atoms with van der Waals surface area (Å²) in [6, 6.07) is 3.60. The number of rotatable bonds is 3. The van der Waals surface area contributed by atoms with Crippen LogP contribution in [-0.4, -0.2) is 41.8 Å². The maximum absolute atomic E-state index is 10.9. The molecule has 0 aliphatic carbocycles. The molecule has 0 bridgehead atoms. The van der Waals surface area contributed by atoms with Crippen LogP contribution in [0.3, 0.4) is 0 Å². The quantitative estimate of drug-likeness (QED) is 0.861. The van der Waals surface area contributed by atoms with Crippen molar-refractivity contribution in [1.82, 2.24) is 4.90 Å². The van der Waals surface area contributed by atoms with Gasteiger partial charge in [0.2, 0.25) is 0 Å². The van der Waals surface area contributed by atoms with E-state index in [2.05, 4.69) is 6.07 Å². The Bertz CT molecular complexity index is 489. The van der Waals surface area contributed by atoms with Gasteiger partial charge in [-0.05, 0) is 13.0 Å². The van der Waals surface area contributed by atoms with Crippen LogP contribution in [0.5, 0.6) is 0 Å². The fourth-order valence-electron chi connectivity index (χ4n) is 1.98. The number of ether oxygens (including phenoxy) is 1. The number of morpholine rings is 1. The lowest BCUT2D eigenvalue weighted by atomic mass is 10.2. The molecule has 18 heavy (non-hydrogen) atoms. The fourth-order valence-corrected chi connectivity index (χ4v) is 1.98. The summed E-state index contributed by atoms with van der Waals surface area (Å²) < 4.78 is 10.6. The summed E-state index contributed by atoms with van der Waals surface area (Å²) in [4.78, 5) is 12.9. The van der Waals surface area contributed by atoms with Crippen molar-refractivity contribution in [1.29, 1.82) is 5.26 Å². The number of hydrogen-bond acceptors (Lipinski definition) is 5. The number of aryl methyl sites for hydroxylation is 1. The number of carboxylic acids is 1. The molecular weight excluding hydrogens is 236 g/mol. The molecule has 1 N–H and O–H groups in total. The molecule has 1 fully saturated rings. The van der Waals surface area contributed by atoms with E-state index in [1.54, 1.807) is 6.92 Å². The molecule has 6 heteroatoms. The highest BCUT2D eigenvalue weighted by atomic mass is 16.5. The third kappa shape index (κ3) is 2.70. The molecule has 1 aromatic heterocycles. The summed E-state index contributed by atoms with van der Waals surface area (Å²) in [5, 5.41) is 17.7. The summed E-state index contributed by atoms with van der Waals surface area (Å²) in [5.41, 5.74) is 0.190. The lowest BCUT2D eigenvalue weighted by Crippen LogP contribution is -2.41. The minimum Gasteiger partial charge on any atom is -0.478 e. The molecule has 1 saturated heterocycles. The Morgan fingerprint density at radius 1 is 1.72 bits per heavy atom. The van der Waals surface area contributed by atoms with Gasteiger partial charge in [0.25, 0.3) is 0 Å². The molecule has 0 spiro atoms. The van der Waals surface area contributed by atoms with Gasteiger partial charge in [-0.2, -0.15) is 5.26 Å². The Kier molecular flexibility index (Phi) is 3.65. The van der Waals surface area contributed by atoms with Gasteiger partial charge in [0.05, 0.1) is 19.2 Å². The molecule has 1 aliphatic heterocycles. The first-order valence-electron chi connectivity index (χ1n) is 5.66. The standard InChI is InChI=1S/C12H14N2O4/c1-8-11(12(15)16)4-9(18-8)6-14-2-3-17-10(5-13)7-14/h4,10H,2-3,6-7H2,1H3,(H,15,16). The highest BCUT2D eigenvalue weighted by molar-refractivity contribution is 5.88. The summed E-state index contributed by atoms with van der Waals surface area (Å²) in [5.74, 6) is 0.0189. The Hall–Kier alpha value is -1.84. The first kappa shape index (κ1) is 12.6. The minimum absolute atomic E-state index is 0.190. The highest BCUT2D eigenvalue weighted by Gasteiger charge is 2.22. The SMILES string of the molecule is Cc1oc(CN2CCOC(C#N)C2)cc1C(=O)O. The van der Waals surface area contributed by atoms with E-state index in [-0.39, 0.29) is 5.56 Å². The predicted octanol–water partition coefficient (Wildman–Crippen LogP) is 1.01. The molecule has 96 valence electrons. The highest BCUT2D eigenvalue weighted by Crippen LogP contribution is 2.17. The van der Waals surface area contributed by atoms with Crippen molar-refractivity contribution in [2.75, 3.05) is 19.7 Å². The van der Waals surface area contributed by atoms with E-state index < -0.39 is 12.1 Å². The third-order valence-corrected chi connectivity index (χ3v) is 2.87. The van der Waals surface area contributed by atoms with Crippen molar-refractivity contribution in [2.24, 2.45) is 0 Å². The number of aromatic carboxylic acids is 1. The van der Waals surface area contributed by atoms with Crippen LogP contribution >= 0.6 is 0 Å². The van der Waals surface area contributed by atoms with Gasteiger partial charge < -0.3 is 14.3 Å². The normalized spacial score (nSPS) is 20.6. The monoisotopic (exact) mass is 250 g/mol. The maximum atomic E-state index is 10.9. The maximum Gasteiger partial charge on any atom is 0.339 e. The lowest BCUT2D eigenvalue weighted by Gasteiger charge is -2.28. The molecule has 6 nitrogen and oxygen atoms in total. The zero-order valence-corrected chi connectivity index (χ0v) is 10.0. The van der Waals surface area contributed by atoms with Gasteiger partial charge in [-0.15, -0.1) is 0 Å². The van der Waals surface area contributed by atoms with Gasteiger partial charge in [0.1, 0.15) is 17.1 Å². The molecule has 0 aromatic carbocycles. The molecule has 1 unspecified atom stereocenters. The Labute approximate surface area is 104 Å². The van der Waals surface area contributed by atoms with Crippen LogP contribution < -0.4 is 0 Å². The Morgan fingerprint density at radius 2 is 2.50 bits per heavy atom. The van der Waals surface area contributed by atoms with E-state index in [0.717, 1.165) is 0 Å². The Morgan fingerprint density at radius 3 is 3.11 bits per heavy atom. The number of carbonyl (C=O) groups is 1. The molecule has 0 amide bonds. The van der Waals surface area contributed by atoms with E-state index in [1.165, 1.54) is 6.07 Å². The third-order valence-electron chi connectivity index (χ3n) is 2.87. The molecule has 1 aromatic rings. The average molecular weight is 250 g/mol. The van der Waals surface area contributed by atoms with Gasteiger partial charge in [0.15, 0.2) is 6.10 Å². The zero-order valence-electron chi connectivity index (χ0n) is 10.0. The molecule has 1 aliphatic rings. The van der Waals surface area contributed by atoms with Crippen LogP contribution in [-0.2, 0) is 11.3 Å². The summed E-state index contributed by atoms with van der Waals surface area (Å²) in [7, 11) is 0. The van der Waals surface area contributed by atoms with E-state index in [0.29, 0.717) is 37.8 Å². The van der Waals surface area contributed by atoms with Crippen LogP contribution in [0, 0.1) is 18.3 Å². The molecule has 1 atom stereocenters. The zero-order chi connectivity index (χ0) is 13.1. The number of nitrogens with zero attached hydrogens (tertiary/aromatic N) is 2. The predicted molar refractivity (Wildman–Crippen MR) is 61.0 cm³/mol. The van der Waals surface area contributed by atoms with Gasteiger partial charge in [-0.1, -0.05) is 0 Å². The van der Waals surface area contributed by atoms with Crippen molar-refractivity contribution in [3.05, 3.63) is 23.2 Å². The smallest absolute Gasteiger partial charge is 0.339 e. The number of hydrogen-bond donors (Lipinski definition) is 1. The molecular formula is C12H14N2O4. The van der Waals surface area contributed by atoms with Crippen LogP contribution in [0.25, 0.3) is 0 Å². The summed E-state index contributed by atoms with van der Waals surface area (Å²) in [6.07, 6.45) is -0.422. The van der Waals surface area contributed by atoms with E-state index >= 15 is 0 Å². The van der Waals surface area contributed by atoms with Crippen molar-refractivity contribution in [2.45, 2.75) is 19.6 Å². The molecule has 0 radical (unpaired) electrons. The fraction of sp³-hybridized carbons (Fsp3) is 0.500. The second-order valence-electron chi connectivity index (χ2n) is 4.21. The van der Waals surface area contributed by atoms with Crippen LogP contribution in [0.15, 0.2) is 10.5 Å². The van der Waals surface area contributed by atoms with E-state index in [4.69, 9.17) is 19.5 Å². The molecule has 2 heterocycles. The van der Waals surface area contributed by atoms with E-state index in [9.17, 15) is 4.79 Å².